The van der Waals surface area contributed by atoms with Crippen LogP contribution < -0.4 is 9.54 Å². The van der Waals surface area contributed by atoms with Crippen LogP contribution in [0.2, 0.25) is 5.02 Å². The minimum Gasteiger partial charge on any atom is -0.484 e. The lowest BCUT2D eigenvalue weighted by atomic mass is 10.2. The zero-order valence-electron chi connectivity index (χ0n) is 13.3. The van der Waals surface area contributed by atoms with E-state index in [1.165, 1.54) is 24.5 Å². The van der Waals surface area contributed by atoms with E-state index in [1.807, 2.05) is 4.57 Å². The fourth-order valence-electron chi connectivity index (χ4n) is 2.21. The molecule has 0 bridgehead atoms. The SMILES string of the molecule is CC(=O)COc1cc(/N=c2\snc3n2CC(C)(C)S3)c(F)cc1Cl. The van der Waals surface area contributed by atoms with E-state index < -0.39 is 5.82 Å². The second kappa shape index (κ2) is 6.50. The fourth-order valence-corrected chi connectivity index (χ4v) is 4.33. The number of carbonyl (C=O) groups excluding carboxylic acids is 1. The molecule has 0 aliphatic carbocycles. The molecule has 128 valence electrons. The zero-order valence-corrected chi connectivity index (χ0v) is 15.7. The predicted octanol–water partition coefficient (Wildman–Crippen LogP) is 3.82. The smallest absolute Gasteiger partial charge is 0.210 e. The lowest BCUT2D eigenvalue weighted by Crippen LogP contribution is -2.21. The van der Waals surface area contributed by atoms with Crippen LogP contribution >= 0.6 is 34.9 Å². The fraction of sp³-hybridized carbons (Fsp3) is 0.400. The summed E-state index contributed by atoms with van der Waals surface area (Å²) in [5, 5.41) is 0.984. The van der Waals surface area contributed by atoms with Gasteiger partial charge in [0.15, 0.2) is 16.8 Å². The molecule has 2 heterocycles. The first-order valence-electron chi connectivity index (χ1n) is 7.17. The molecule has 1 aromatic heterocycles. The van der Waals surface area contributed by atoms with Crippen molar-refractivity contribution in [1.29, 1.82) is 0 Å². The maximum Gasteiger partial charge on any atom is 0.210 e. The summed E-state index contributed by atoms with van der Waals surface area (Å²) in [7, 11) is 0. The van der Waals surface area contributed by atoms with Gasteiger partial charge in [0.2, 0.25) is 4.80 Å². The first-order chi connectivity index (χ1) is 11.2. The molecule has 0 radical (unpaired) electrons. The van der Waals surface area contributed by atoms with Crippen molar-refractivity contribution in [1.82, 2.24) is 8.94 Å². The van der Waals surface area contributed by atoms with E-state index in [2.05, 4.69) is 23.2 Å². The topological polar surface area (TPSA) is 56.5 Å². The van der Waals surface area contributed by atoms with E-state index in [0.29, 0.717) is 4.80 Å². The first kappa shape index (κ1) is 17.4. The summed E-state index contributed by atoms with van der Waals surface area (Å²) < 4.78 is 25.9. The van der Waals surface area contributed by atoms with E-state index in [1.54, 1.807) is 11.8 Å². The molecular formula is C15H15ClFN3O2S2. The molecule has 9 heteroatoms. The normalized spacial score (nSPS) is 16.3. The van der Waals surface area contributed by atoms with Gasteiger partial charge >= 0.3 is 0 Å². The van der Waals surface area contributed by atoms with E-state index in [0.717, 1.165) is 17.8 Å². The molecular weight excluding hydrogens is 373 g/mol. The summed E-state index contributed by atoms with van der Waals surface area (Å²) in [4.78, 5) is 16.0. The minimum absolute atomic E-state index is 0.0366. The summed E-state index contributed by atoms with van der Waals surface area (Å²) >= 11 is 8.85. The Morgan fingerprint density at radius 1 is 1.54 bits per heavy atom. The van der Waals surface area contributed by atoms with Gasteiger partial charge in [-0.3, -0.25) is 9.36 Å². The summed E-state index contributed by atoms with van der Waals surface area (Å²) in [5.41, 5.74) is 0.103. The third kappa shape index (κ3) is 3.65. The summed E-state index contributed by atoms with van der Waals surface area (Å²) in [6.07, 6.45) is 0. The number of Topliss-reactive ketones (excluding diaryl/α,β-unsaturated/α-hetero) is 1. The molecule has 0 spiro atoms. The molecule has 0 saturated carbocycles. The Hall–Kier alpha value is -1.38. The molecule has 0 amide bonds. The highest BCUT2D eigenvalue weighted by Gasteiger charge is 2.31. The second-order valence-electron chi connectivity index (χ2n) is 6.03. The number of carbonyl (C=O) groups is 1. The van der Waals surface area contributed by atoms with Gasteiger partial charge in [0.05, 0.1) is 5.02 Å². The number of aromatic nitrogens is 2. The molecule has 0 saturated heterocycles. The number of hydrogen-bond donors (Lipinski definition) is 0. The number of benzene rings is 1. The van der Waals surface area contributed by atoms with Crippen LogP contribution in [0.5, 0.6) is 5.75 Å². The van der Waals surface area contributed by atoms with Gasteiger partial charge in [0.1, 0.15) is 18.0 Å². The molecule has 1 aromatic carbocycles. The van der Waals surface area contributed by atoms with Gasteiger partial charge in [-0.15, -0.1) is 0 Å². The van der Waals surface area contributed by atoms with Crippen molar-refractivity contribution in [3.05, 3.63) is 27.8 Å². The minimum atomic E-state index is -0.553. The highest BCUT2D eigenvalue weighted by molar-refractivity contribution is 8.00. The number of fused-ring (bicyclic) bond motifs is 1. The van der Waals surface area contributed by atoms with Crippen LogP contribution in [-0.2, 0) is 11.3 Å². The standard InChI is InChI=1S/C15H15ClFN3O2S2/c1-8(21)6-22-12-5-11(10(17)4-9(12)16)18-13-20-7-15(2,3)23-14(20)19-24-13/h4-5H,6-7H2,1-3H3/b18-13-. The number of hydrogen-bond acceptors (Lipinski definition) is 6. The number of rotatable bonds is 4. The van der Waals surface area contributed by atoms with Gasteiger partial charge in [-0.25, -0.2) is 9.38 Å². The Balaban J connectivity index is 1.99. The largest absolute Gasteiger partial charge is 0.484 e. The number of nitrogens with zero attached hydrogens (tertiary/aromatic N) is 3. The zero-order chi connectivity index (χ0) is 17.5. The highest BCUT2D eigenvalue weighted by Crippen LogP contribution is 2.39. The Kier molecular flexibility index (Phi) is 4.72. The summed E-state index contributed by atoms with van der Waals surface area (Å²) in [6, 6.07) is 2.54. The van der Waals surface area contributed by atoms with Crippen LogP contribution in [0.1, 0.15) is 20.8 Å². The van der Waals surface area contributed by atoms with Crippen molar-refractivity contribution in [2.45, 2.75) is 37.2 Å². The lowest BCUT2D eigenvalue weighted by molar-refractivity contribution is -0.118. The molecule has 0 unspecified atom stereocenters. The van der Waals surface area contributed by atoms with E-state index in [-0.39, 0.29) is 33.6 Å². The van der Waals surface area contributed by atoms with E-state index in [4.69, 9.17) is 16.3 Å². The maximum absolute atomic E-state index is 14.2. The van der Waals surface area contributed by atoms with Crippen LogP contribution in [-0.4, -0.2) is 26.1 Å². The van der Waals surface area contributed by atoms with E-state index in [9.17, 15) is 9.18 Å². The Bertz CT molecular complexity index is 876. The van der Waals surface area contributed by atoms with Crippen LogP contribution in [0.25, 0.3) is 0 Å². The average molecular weight is 388 g/mol. The molecule has 0 fully saturated rings. The van der Waals surface area contributed by atoms with E-state index >= 15 is 0 Å². The van der Waals surface area contributed by atoms with Gasteiger partial charge < -0.3 is 4.74 Å². The highest BCUT2D eigenvalue weighted by atomic mass is 35.5. The average Bonchev–Trinajstić information content (AvgIpc) is 2.96. The van der Waals surface area contributed by atoms with Gasteiger partial charge in [0, 0.05) is 28.9 Å². The predicted molar refractivity (Wildman–Crippen MR) is 92.8 cm³/mol. The molecule has 5 nitrogen and oxygen atoms in total. The number of ketones is 1. The van der Waals surface area contributed by atoms with Crippen molar-refractivity contribution in [3.63, 3.8) is 0 Å². The van der Waals surface area contributed by atoms with Crippen molar-refractivity contribution in [2.24, 2.45) is 4.99 Å². The summed E-state index contributed by atoms with van der Waals surface area (Å²) in [6.45, 7) is 6.28. The maximum atomic E-state index is 14.2. The van der Waals surface area contributed by atoms with Crippen molar-refractivity contribution in [3.8, 4) is 5.75 Å². The quantitative estimate of drug-likeness (QED) is 0.800. The number of halogens is 2. The Labute approximate surface area is 151 Å². The van der Waals surface area contributed by atoms with Gasteiger partial charge in [-0.2, -0.15) is 4.37 Å². The van der Waals surface area contributed by atoms with Crippen molar-refractivity contribution < 1.29 is 13.9 Å². The molecule has 0 atom stereocenters. The third-order valence-corrected chi connectivity index (χ3v) is 5.55. The van der Waals surface area contributed by atoms with Crippen LogP contribution in [0.3, 0.4) is 0 Å². The molecule has 3 rings (SSSR count). The van der Waals surface area contributed by atoms with Crippen LogP contribution in [0, 0.1) is 5.82 Å². The lowest BCUT2D eigenvalue weighted by Gasteiger charge is -2.13. The van der Waals surface area contributed by atoms with Crippen LogP contribution in [0.15, 0.2) is 22.3 Å². The van der Waals surface area contributed by atoms with Gasteiger partial charge in [-0.05, 0) is 26.8 Å². The van der Waals surface area contributed by atoms with Gasteiger partial charge in [0.25, 0.3) is 0 Å². The second-order valence-corrected chi connectivity index (χ2v) is 8.84. The molecule has 1 aliphatic heterocycles. The number of ether oxygens (including phenoxy) is 1. The van der Waals surface area contributed by atoms with Crippen LogP contribution in [0.4, 0.5) is 10.1 Å². The van der Waals surface area contributed by atoms with Crippen molar-refractivity contribution in [2.75, 3.05) is 6.61 Å². The van der Waals surface area contributed by atoms with Gasteiger partial charge in [-0.1, -0.05) is 23.4 Å². The monoisotopic (exact) mass is 387 g/mol. The van der Waals surface area contributed by atoms with Crippen molar-refractivity contribution >= 4 is 46.4 Å². The molecule has 2 aromatic rings. The molecule has 1 aliphatic rings. The summed E-state index contributed by atoms with van der Waals surface area (Å²) in [5.74, 6) is -0.473. The number of thioether (sulfide) groups is 1. The first-order valence-corrected chi connectivity index (χ1v) is 9.13. The Morgan fingerprint density at radius 2 is 2.29 bits per heavy atom. The molecule has 24 heavy (non-hydrogen) atoms. The Morgan fingerprint density at radius 3 is 3.00 bits per heavy atom. The third-order valence-electron chi connectivity index (χ3n) is 3.22. The molecule has 0 N–H and O–H groups in total.